The first-order valence-electron chi connectivity index (χ1n) is 10.1. The van der Waals surface area contributed by atoms with Gasteiger partial charge in [0.15, 0.2) is 11.5 Å². The highest BCUT2D eigenvalue weighted by Crippen LogP contribution is 2.27. The van der Waals surface area contributed by atoms with Crippen molar-refractivity contribution in [3.05, 3.63) is 78.4 Å². The van der Waals surface area contributed by atoms with Crippen LogP contribution in [0, 0.1) is 0 Å². The van der Waals surface area contributed by atoms with Gasteiger partial charge in [-0.3, -0.25) is 9.10 Å². The molecule has 1 amide bonds. The number of rotatable bonds is 10. The maximum atomic E-state index is 13.3. The standard InChI is InChI=1S/C24H25N3O6S/c1-31-20-10-12-21(13-11-20)34(29,30)27(19-7-5-4-6-8-19)17-24(28)26-25-16-18-9-14-22(32-2)23(15-18)33-3/h4-16H,17H2,1-3H3,(H,26,28). The monoisotopic (exact) mass is 483 g/mol. The predicted octanol–water partition coefficient (Wildman–Crippen LogP) is 3.06. The fourth-order valence-electron chi connectivity index (χ4n) is 3.06. The number of ether oxygens (including phenoxy) is 3. The van der Waals surface area contributed by atoms with Crippen LogP contribution in [0.25, 0.3) is 0 Å². The van der Waals surface area contributed by atoms with Crippen LogP contribution in [-0.4, -0.2) is 48.4 Å². The van der Waals surface area contributed by atoms with Crippen LogP contribution in [0.15, 0.2) is 82.8 Å². The van der Waals surface area contributed by atoms with E-state index in [4.69, 9.17) is 14.2 Å². The lowest BCUT2D eigenvalue weighted by Crippen LogP contribution is -2.39. The Morgan fingerprint density at radius 3 is 2.21 bits per heavy atom. The molecule has 0 saturated heterocycles. The molecule has 0 fully saturated rings. The number of carbonyl (C=O) groups excluding carboxylic acids is 1. The lowest BCUT2D eigenvalue weighted by Gasteiger charge is -2.23. The summed E-state index contributed by atoms with van der Waals surface area (Å²) in [4.78, 5) is 12.6. The van der Waals surface area contributed by atoms with Crippen molar-refractivity contribution in [2.45, 2.75) is 4.90 Å². The van der Waals surface area contributed by atoms with Gasteiger partial charge < -0.3 is 14.2 Å². The normalized spacial score (nSPS) is 11.1. The Morgan fingerprint density at radius 2 is 1.59 bits per heavy atom. The first kappa shape index (κ1) is 24.6. The summed E-state index contributed by atoms with van der Waals surface area (Å²) >= 11 is 0. The Bertz CT molecular complexity index is 1250. The van der Waals surface area contributed by atoms with Gasteiger partial charge in [-0.1, -0.05) is 18.2 Å². The van der Waals surface area contributed by atoms with Gasteiger partial charge in [-0.05, 0) is 60.2 Å². The van der Waals surface area contributed by atoms with Gasteiger partial charge in [-0.15, -0.1) is 0 Å². The second-order valence-electron chi connectivity index (χ2n) is 6.93. The number of nitrogens with zero attached hydrogens (tertiary/aromatic N) is 2. The smallest absolute Gasteiger partial charge is 0.264 e. The summed E-state index contributed by atoms with van der Waals surface area (Å²) in [5, 5.41) is 3.94. The summed E-state index contributed by atoms with van der Waals surface area (Å²) in [6.45, 7) is -0.471. The molecule has 0 aliphatic carbocycles. The van der Waals surface area contributed by atoms with Crippen molar-refractivity contribution in [1.82, 2.24) is 5.43 Å². The van der Waals surface area contributed by atoms with Crippen molar-refractivity contribution in [2.75, 3.05) is 32.2 Å². The van der Waals surface area contributed by atoms with Crippen LogP contribution in [0.4, 0.5) is 5.69 Å². The molecule has 0 unspecified atom stereocenters. The topological polar surface area (TPSA) is 107 Å². The molecule has 0 aromatic heterocycles. The molecule has 1 N–H and O–H groups in total. The van der Waals surface area contributed by atoms with Gasteiger partial charge in [0.1, 0.15) is 12.3 Å². The fourth-order valence-corrected chi connectivity index (χ4v) is 4.48. The lowest BCUT2D eigenvalue weighted by atomic mass is 10.2. The highest BCUT2D eigenvalue weighted by Gasteiger charge is 2.27. The van der Waals surface area contributed by atoms with Gasteiger partial charge >= 0.3 is 0 Å². The first-order chi connectivity index (χ1) is 16.4. The van der Waals surface area contributed by atoms with Crippen LogP contribution in [0.1, 0.15) is 5.56 Å². The lowest BCUT2D eigenvalue weighted by molar-refractivity contribution is -0.119. The SMILES string of the molecule is COc1ccc(S(=O)(=O)N(CC(=O)NN=Cc2ccc(OC)c(OC)c2)c2ccccc2)cc1. The number of para-hydroxylation sites is 1. The summed E-state index contributed by atoms with van der Waals surface area (Å²) in [5.74, 6) is 0.981. The Labute approximate surface area is 198 Å². The Morgan fingerprint density at radius 1 is 0.912 bits per heavy atom. The number of amides is 1. The van der Waals surface area contributed by atoms with Gasteiger partial charge in [0.2, 0.25) is 0 Å². The molecule has 0 aliphatic rings. The predicted molar refractivity (Wildman–Crippen MR) is 129 cm³/mol. The van der Waals surface area contributed by atoms with Crippen molar-refractivity contribution in [1.29, 1.82) is 0 Å². The summed E-state index contributed by atoms with van der Waals surface area (Å²) in [6, 6.07) is 19.5. The quantitative estimate of drug-likeness (QED) is 0.351. The third-order valence-electron chi connectivity index (χ3n) is 4.79. The number of sulfonamides is 1. The first-order valence-corrected chi connectivity index (χ1v) is 11.6. The number of hydrogen-bond acceptors (Lipinski definition) is 7. The number of hydrogen-bond donors (Lipinski definition) is 1. The largest absolute Gasteiger partial charge is 0.497 e. The summed E-state index contributed by atoms with van der Waals surface area (Å²) in [6.07, 6.45) is 1.42. The van der Waals surface area contributed by atoms with Crippen molar-refractivity contribution in [3.8, 4) is 17.2 Å². The van der Waals surface area contributed by atoms with Crippen molar-refractivity contribution < 1.29 is 27.4 Å². The van der Waals surface area contributed by atoms with E-state index in [1.54, 1.807) is 60.7 Å². The molecule has 3 rings (SSSR count). The Balaban J connectivity index is 1.79. The zero-order valence-electron chi connectivity index (χ0n) is 19.0. The number of methoxy groups -OCH3 is 3. The van der Waals surface area contributed by atoms with Gasteiger partial charge in [0.25, 0.3) is 15.9 Å². The molecule has 3 aromatic carbocycles. The van der Waals surface area contributed by atoms with Gasteiger partial charge in [0, 0.05) is 0 Å². The average Bonchev–Trinajstić information content (AvgIpc) is 2.87. The van der Waals surface area contributed by atoms with E-state index in [1.165, 1.54) is 39.7 Å². The number of nitrogens with one attached hydrogen (secondary N) is 1. The highest BCUT2D eigenvalue weighted by molar-refractivity contribution is 7.92. The van der Waals surface area contributed by atoms with E-state index < -0.39 is 22.5 Å². The van der Waals surface area contributed by atoms with E-state index in [2.05, 4.69) is 10.5 Å². The Hall–Kier alpha value is -4.05. The van der Waals surface area contributed by atoms with Crippen LogP contribution in [0.3, 0.4) is 0 Å². The van der Waals surface area contributed by atoms with E-state index in [0.717, 1.165) is 4.31 Å². The van der Waals surface area contributed by atoms with Gasteiger partial charge in [-0.25, -0.2) is 13.8 Å². The van der Waals surface area contributed by atoms with E-state index in [-0.39, 0.29) is 4.90 Å². The fraction of sp³-hybridized carbons (Fsp3) is 0.167. The van der Waals surface area contributed by atoms with Crippen molar-refractivity contribution in [2.24, 2.45) is 5.10 Å². The molecule has 0 spiro atoms. The Kier molecular flexibility index (Phi) is 8.10. The molecular formula is C24H25N3O6S. The number of carbonyl (C=O) groups is 1. The molecule has 0 radical (unpaired) electrons. The second kappa shape index (κ2) is 11.2. The zero-order chi connectivity index (χ0) is 24.6. The third-order valence-corrected chi connectivity index (χ3v) is 6.58. The summed E-state index contributed by atoms with van der Waals surface area (Å²) < 4.78 is 43.2. The molecule has 3 aromatic rings. The molecule has 0 atom stereocenters. The molecule has 0 aliphatic heterocycles. The van der Waals surface area contributed by atoms with E-state index in [1.807, 2.05) is 0 Å². The van der Waals surface area contributed by atoms with Gasteiger partial charge in [-0.2, -0.15) is 5.10 Å². The molecule has 0 saturated carbocycles. The van der Waals surface area contributed by atoms with E-state index in [0.29, 0.717) is 28.5 Å². The summed E-state index contributed by atoms with van der Waals surface area (Å²) in [7, 11) is 0.507. The van der Waals surface area contributed by atoms with Crippen molar-refractivity contribution in [3.63, 3.8) is 0 Å². The van der Waals surface area contributed by atoms with Crippen molar-refractivity contribution >= 4 is 27.8 Å². The minimum Gasteiger partial charge on any atom is -0.497 e. The molecule has 0 heterocycles. The van der Waals surface area contributed by atoms with E-state index in [9.17, 15) is 13.2 Å². The van der Waals surface area contributed by atoms with Crippen LogP contribution < -0.4 is 23.9 Å². The minimum atomic E-state index is -4.03. The van der Waals surface area contributed by atoms with Crippen LogP contribution in [0.2, 0.25) is 0 Å². The molecule has 9 nitrogen and oxygen atoms in total. The summed E-state index contributed by atoms with van der Waals surface area (Å²) in [5.41, 5.74) is 3.37. The van der Waals surface area contributed by atoms with Gasteiger partial charge in [0.05, 0.1) is 38.1 Å². The number of hydrazone groups is 1. The second-order valence-corrected chi connectivity index (χ2v) is 8.79. The molecule has 178 valence electrons. The maximum absolute atomic E-state index is 13.3. The maximum Gasteiger partial charge on any atom is 0.264 e. The van der Waals surface area contributed by atoms with E-state index >= 15 is 0 Å². The zero-order valence-corrected chi connectivity index (χ0v) is 19.8. The highest BCUT2D eigenvalue weighted by atomic mass is 32.2. The van der Waals surface area contributed by atoms with Crippen LogP contribution in [-0.2, 0) is 14.8 Å². The average molecular weight is 484 g/mol. The number of benzene rings is 3. The number of anilines is 1. The van der Waals surface area contributed by atoms with Crippen LogP contribution >= 0.6 is 0 Å². The molecule has 0 bridgehead atoms. The molecule has 34 heavy (non-hydrogen) atoms. The third kappa shape index (κ3) is 5.84. The molecule has 10 heteroatoms. The molecular weight excluding hydrogens is 458 g/mol. The van der Waals surface area contributed by atoms with Crippen LogP contribution in [0.5, 0.6) is 17.2 Å². The minimum absolute atomic E-state index is 0.0267.